The quantitative estimate of drug-likeness (QED) is 0.794. The van der Waals surface area contributed by atoms with Gasteiger partial charge >= 0.3 is 0 Å². The van der Waals surface area contributed by atoms with E-state index in [-0.39, 0.29) is 5.54 Å². The van der Waals surface area contributed by atoms with Gasteiger partial charge in [-0.15, -0.1) is 0 Å². The van der Waals surface area contributed by atoms with Crippen molar-refractivity contribution in [2.45, 2.75) is 57.4 Å². The zero-order valence-corrected chi connectivity index (χ0v) is 11.7. The molecule has 2 nitrogen and oxygen atoms in total. The van der Waals surface area contributed by atoms with Gasteiger partial charge in [0.15, 0.2) is 0 Å². The Morgan fingerprint density at radius 2 is 1.94 bits per heavy atom. The molecule has 2 rings (SSSR count). The molecule has 0 radical (unpaired) electrons. The highest BCUT2D eigenvalue weighted by Gasteiger charge is 2.37. The number of carbonyl (C=O) groups excluding carboxylic acids is 1. The fourth-order valence-corrected chi connectivity index (χ4v) is 3.34. The molecular weight excluding hydrogens is 266 g/mol. The highest BCUT2D eigenvalue weighted by atomic mass is 79.9. The third-order valence-corrected chi connectivity index (χ3v) is 5.42. The van der Waals surface area contributed by atoms with E-state index in [1.807, 2.05) is 0 Å². The van der Waals surface area contributed by atoms with E-state index < -0.39 is 0 Å². The predicted molar refractivity (Wildman–Crippen MR) is 69.6 cm³/mol. The van der Waals surface area contributed by atoms with E-state index in [2.05, 4.69) is 28.2 Å². The van der Waals surface area contributed by atoms with E-state index >= 15 is 0 Å². The van der Waals surface area contributed by atoms with Crippen LogP contribution in [0.3, 0.4) is 0 Å². The van der Waals surface area contributed by atoms with Crippen molar-refractivity contribution in [1.82, 2.24) is 5.32 Å². The molecule has 2 saturated carbocycles. The first-order valence-electron chi connectivity index (χ1n) is 6.53. The first-order chi connectivity index (χ1) is 7.65. The van der Waals surface area contributed by atoms with Crippen LogP contribution in [0, 0.1) is 11.8 Å². The van der Waals surface area contributed by atoms with E-state index in [1.54, 1.807) is 0 Å². The van der Waals surface area contributed by atoms with Gasteiger partial charge in [-0.3, -0.25) is 4.79 Å². The maximum Gasteiger partial charge on any atom is 0.223 e. The summed E-state index contributed by atoms with van der Waals surface area (Å²) in [5.74, 6) is 1.45. The number of hydrogen-bond acceptors (Lipinski definition) is 1. The summed E-state index contributed by atoms with van der Waals surface area (Å²) in [4.78, 5) is 12.0. The molecule has 2 fully saturated rings. The lowest BCUT2D eigenvalue weighted by Crippen LogP contribution is -2.54. The lowest BCUT2D eigenvalue weighted by Gasteiger charge is -2.40. The Morgan fingerprint density at radius 1 is 1.31 bits per heavy atom. The van der Waals surface area contributed by atoms with Gasteiger partial charge in [-0.25, -0.2) is 0 Å². The van der Waals surface area contributed by atoms with Crippen LogP contribution < -0.4 is 5.32 Å². The molecule has 0 unspecified atom stereocenters. The summed E-state index contributed by atoms with van der Waals surface area (Å²) < 4.78 is 0. The molecule has 0 heterocycles. The molecule has 1 amide bonds. The SMILES string of the molecule is CC1CCC(CBr)(NC(=O)C2CCC2)CC1. The van der Waals surface area contributed by atoms with E-state index in [0.717, 1.165) is 36.9 Å². The largest absolute Gasteiger partial charge is 0.350 e. The van der Waals surface area contributed by atoms with Crippen molar-refractivity contribution >= 4 is 21.8 Å². The molecule has 0 bridgehead atoms. The lowest BCUT2D eigenvalue weighted by molar-refractivity contribution is -0.129. The summed E-state index contributed by atoms with van der Waals surface area (Å²) in [5, 5.41) is 4.23. The van der Waals surface area contributed by atoms with Crippen LogP contribution >= 0.6 is 15.9 Å². The van der Waals surface area contributed by atoms with Gasteiger partial charge in [0.1, 0.15) is 0 Å². The summed E-state index contributed by atoms with van der Waals surface area (Å²) in [7, 11) is 0. The second-order valence-electron chi connectivity index (χ2n) is 5.71. The molecule has 0 aliphatic heterocycles. The molecule has 3 heteroatoms. The molecular formula is C13H22BrNO. The van der Waals surface area contributed by atoms with Crippen LogP contribution in [0.15, 0.2) is 0 Å². The van der Waals surface area contributed by atoms with Gasteiger partial charge in [0.05, 0.1) is 0 Å². The number of halogens is 1. The van der Waals surface area contributed by atoms with Crippen LogP contribution in [0.4, 0.5) is 0 Å². The minimum Gasteiger partial charge on any atom is -0.350 e. The second-order valence-corrected chi connectivity index (χ2v) is 6.27. The third kappa shape index (κ3) is 2.61. The second kappa shape index (κ2) is 5.07. The van der Waals surface area contributed by atoms with E-state index in [4.69, 9.17) is 0 Å². The van der Waals surface area contributed by atoms with Crippen LogP contribution in [0.5, 0.6) is 0 Å². The average molecular weight is 288 g/mol. The van der Waals surface area contributed by atoms with Crippen LogP contribution in [-0.2, 0) is 4.79 Å². The van der Waals surface area contributed by atoms with E-state index in [9.17, 15) is 4.79 Å². The fourth-order valence-electron chi connectivity index (χ4n) is 2.64. The Hall–Kier alpha value is -0.0500. The monoisotopic (exact) mass is 287 g/mol. The number of hydrogen-bond donors (Lipinski definition) is 1. The maximum absolute atomic E-state index is 12.0. The fraction of sp³-hybridized carbons (Fsp3) is 0.923. The normalized spacial score (nSPS) is 35.5. The lowest BCUT2D eigenvalue weighted by atomic mass is 9.77. The summed E-state index contributed by atoms with van der Waals surface area (Å²) in [6.45, 7) is 2.31. The summed E-state index contributed by atoms with van der Waals surface area (Å²) in [6, 6.07) is 0. The van der Waals surface area contributed by atoms with Gasteiger partial charge in [0.2, 0.25) is 5.91 Å². The van der Waals surface area contributed by atoms with E-state index in [1.165, 1.54) is 19.3 Å². The number of amides is 1. The molecule has 0 aromatic rings. The van der Waals surface area contributed by atoms with Gasteiger partial charge in [-0.05, 0) is 44.4 Å². The Labute approximate surface area is 107 Å². The smallest absolute Gasteiger partial charge is 0.223 e. The number of nitrogens with one attached hydrogen (secondary N) is 1. The third-order valence-electron chi connectivity index (χ3n) is 4.35. The molecule has 0 aromatic carbocycles. The van der Waals surface area contributed by atoms with E-state index in [0.29, 0.717) is 11.8 Å². The number of rotatable bonds is 3. The van der Waals surface area contributed by atoms with Gasteiger partial charge in [0.25, 0.3) is 0 Å². The summed E-state index contributed by atoms with van der Waals surface area (Å²) in [5.41, 5.74) is 0.0547. The molecule has 0 saturated heterocycles. The number of carbonyl (C=O) groups is 1. The van der Waals surface area contributed by atoms with Crippen molar-refractivity contribution in [3.05, 3.63) is 0 Å². The van der Waals surface area contributed by atoms with Gasteiger partial charge < -0.3 is 5.32 Å². The highest BCUT2D eigenvalue weighted by molar-refractivity contribution is 9.09. The molecule has 0 atom stereocenters. The van der Waals surface area contributed by atoms with Gasteiger partial charge in [0, 0.05) is 16.8 Å². The Balaban J connectivity index is 1.90. The molecule has 1 N–H and O–H groups in total. The van der Waals surface area contributed by atoms with Crippen molar-refractivity contribution in [1.29, 1.82) is 0 Å². The van der Waals surface area contributed by atoms with Crippen molar-refractivity contribution in [3.8, 4) is 0 Å². The van der Waals surface area contributed by atoms with Crippen LogP contribution in [0.1, 0.15) is 51.9 Å². The molecule has 92 valence electrons. The zero-order valence-electron chi connectivity index (χ0n) is 10.1. The predicted octanol–water partition coefficient (Wildman–Crippen LogP) is 3.25. The van der Waals surface area contributed by atoms with Crippen molar-refractivity contribution in [3.63, 3.8) is 0 Å². The van der Waals surface area contributed by atoms with Crippen LogP contribution in [0.2, 0.25) is 0 Å². The van der Waals surface area contributed by atoms with Gasteiger partial charge in [-0.2, -0.15) is 0 Å². The Morgan fingerprint density at radius 3 is 2.38 bits per heavy atom. The molecule has 0 spiro atoms. The van der Waals surface area contributed by atoms with Gasteiger partial charge in [-0.1, -0.05) is 29.3 Å². The molecule has 2 aliphatic rings. The Bertz CT molecular complexity index is 255. The summed E-state index contributed by atoms with van der Waals surface area (Å²) >= 11 is 3.59. The van der Waals surface area contributed by atoms with Crippen molar-refractivity contribution in [2.75, 3.05) is 5.33 Å². The molecule has 16 heavy (non-hydrogen) atoms. The maximum atomic E-state index is 12.0. The Kier molecular flexibility index (Phi) is 3.93. The topological polar surface area (TPSA) is 29.1 Å². The molecule has 2 aliphatic carbocycles. The average Bonchev–Trinajstić information content (AvgIpc) is 2.19. The zero-order chi connectivity index (χ0) is 11.6. The van der Waals surface area contributed by atoms with Crippen LogP contribution in [0.25, 0.3) is 0 Å². The highest BCUT2D eigenvalue weighted by Crippen LogP contribution is 2.34. The first kappa shape index (κ1) is 12.4. The summed E-state index contributed by atoms with van der Waals surface area (Å²) in [6.07, 6.45) is 8.19. The molecule has 0 aromatic heterocycles. The minimum absolute atomic E-state index is 0.0547. The first-order valence-corrected chi connectivity index (χ1v) is 7.65. The van der Waals surface area contributed by atoms with Crippen molar-refractivity contribution in [2.24, 2.45) is 11.8 Å². The van der Waals surface area contributed by atoms with Crippen molar-refractivity contribution < 1.29 is 4.79 Å². The standard InChI is InChI=1S/C13H22BrNO/c1-10-5-7-13(9-14,8-6-10)15-12(16)11-3-2-4-11/h10-11H,2-9H2,1H3,(H,15,16). The minimum atomic E-state index is 0.0547. The van der Waals surface area contributed by atoms with Crippen LogP contribution in [-0.4, -0.2) is 16.8 Å². The number of alkyl halides is 1.